The summed E-state index contributed by atoms with van der Waals surface area (Å²) in [4.78, 5) is 22.1. The molecule has 0 aliphatic heterocycles. The number of nitrogens with zero attached hydrogens (tertiary/aromatic N) is 1. The Labute approximate surface area is 128 Å². The molecule has 0 radical (unpaired) electrons. The number of nitro groups is 1. The summed E-state index contributed by atoms with van der Waals surface area (Å²) in [6.45, 7) is 5.41. The van der Waals surface area contributed by atoms with Gasteiger partial charge in [-0.1, -0.05) is 23.3 Å². The van der Waals surface area contributed by atoms with Crippen molar-refractivity contribution in [1.29, 1.82) is 0 Å². The zero-order valence-electron chi connectivity index (χ0n) is 12.7. The summed E-state index contributed by atoms with van der Waals surface area (Å²) in [5.74, 6) is -1.02. The van der Waals surface area contributed by atoms with Gasteiger partial charge in [-0.2, -0.15) is 0 Å². The Hall–Kier alpha value is -2.63. The highest BCUT2D eigenvalue weighted by molar-refractivity contribution is 5.94. The van der Waals surface area contributed by atoms with Gasteiger partial charge in [0.2, 0.25) is 0 Å². The Morgan fingerprint density at radius 3 is 2.64 bits per heavy atom. The third-order valence-corrected chi connectivity index (χ3v) is 3.80. The highest BCUT2D eigenvalue weighted by atomic mass is 16.6. The number of hydrogen-bond donors (Lipinski definition) is 2. The number of aromatic carboxylic acids is 1. The number of carboxylic acids is 1. The third kappa shape index (κ3) is 3.16. The minimum atomic E-state index is -1.02. The molecule has 116 valence electrons. The molecule has 2 rings (SSSR count). The predicted octanol–water partition coefficient (Wildman–Crippen LogP) is 3.37. The molecule has 22 heavy (non-hydrogen) atoms. The Balaban J connectivity index is 2.31. The fraction of sp³-hybridized carbons (Fsp3) is 0.312. The largest absolute Gasteiger partial charge is 0.478 e. The maximum Gasteiger partial charge on any atom is 0.337 e. The van der Waals surface area contributed by atoms with Crippen molar-refractivity contribution < 1.29 is 14.8 Å². The normalized spacial score (nSPS) is 18.0. The minimum absolute atomic E-state index is 0.159. The number of hydrogen-bond acceptors (Lipinski definition) is 4. The molecule has 1 aromatic rings. The van der Waals surface area contributed by atoms with Gasteiger partial charge in [-0.05, 0) is 32.9 Å². The SMILES string of the molecule is CC1=CC(C)=C([N+](=O)[O-])CC1Nc1ccc(C)cc1C(=O)O. The van der Waals surface area contributed by atoms with E-state index < -0.39 is 5.97 Å². The molecule has 1 unspecified atom stereocenters. The predicted molar refractivity (Wildman–Crippen MR) is 83.6 cm³/mol. The average Bonchev–Trinajstić information content (AvgIpc) is 2.42. The van der Waals surface area contributed by atoms with Crippen molar-refractivity contribution in [2.75, 3.05) is 5.32 Å². The zero-order valence-corrected chi connectivity index (χ0v) is 12.7. The van der Waals surface area contributed by atoms with Crippen LogP contribution in [0.3, 0.4) is 0 Å². The molecule has 0 fully saturated rings. The number of nitrogens with one attached hydrogen (secondary N) is 1. The molecule has 1 atom stereocenters. The van der Waals surface area contributed by atoms with Gasteiger partial charge in [0, 0.05) is 11.3 Å². The van der Waals surface area contributed by atoms with E-state index in [4.69, 9.17) is 0 Å². The van der Waals surface area contributed by atoms with Crippen LogP contribution < -0.4 is 5.32 Å². The van der Waals surface area contributed by atoms with Crippen molar-refractivity contribution >= 4 is 11.7 Å². The summed E-state index contributed by atoms with van der Waals surface area (Å²) in [5.41, 5.74) is 3.23. The monoisotopic (exact) mass is 302 g/mol. The van der Waals surface area contributed by atoms with E-state index in [1.807, 2.05) is 19.9 Å². The first-order valence-corrected chi connectivity index (χ1v) is 6.92. The maximum absolute atomic E-state index is 11.3. The van der Waals surface area contributed by atoms with Gasteiger partial charge in [-0.3, -0.25) is 10.1 Å². The molecular weight excluding hydrogens is 284 g/mol. The standard InChI is InChI=1S/C16H18N2O4/c1-9-4-5-13(12(6-9)16(19)20)17-14-8-15(18(21)22)11(3)7-10(14)2/h4-7,14,17H,8H2,1-3H3,(H,19,20). The molecular formula is C16H18N2O4. The molecule has 0 heterocycles. The summed E-state index contributed by atoms with van der Waals surface area (Å²) in [5, 5.41) is 23.5. The van der Waals surface area contributed by atoms with E-state index in [9.17, 15) is 20.0 Å². The van der Waals surface area contributed by atoms with Crippen LogP contribution in [0.4, 0.5) is 5.69 Å². The summed E-state index contributed by atoms with van der Waals surface area (Å²) >= 11 is 0. The summed E-state index contributed by atoms with van der Waals surface area (Å²) in [6.07, 6.45) is 2.00. The Kier molecular flexibility index (Phi) is 4.30. The van der Waals surface area contributed by atoms with Gasteiger partial charge in [-0.15, -0.1) is 0 Å². The zero-order chi connectivity index (χ0) is 16.4. The van der Waals surface area contributed by atoms with Crippen LogP contribution in [0.25, 0.3) is 0 Å². The highest BCUT2D eigenvalue weighted by Gasteiger charge is 2.27. The van der Waals surface area contributed by atoms with Crippen molar-refractivity contribution in [1.82, 2.24) is 0 Å². The Morgan fingerprint density at radius 1 is 1.36 bits per heavy atom. The van der Waals surface area contributed by atoms with E-state index in [0.29, 0.717) is 11.3 Å². The summed E-state index contributed by atoms with van der Waals surface area (Å²) in [7, 11) is 0. The van der Waals surface area contributed by atoms with Gasteiger partial charge in [-0.25, -0.2) is 4.79 Å². The Bertz CT molecular complexity index is 704. The molecule has 0 spiro atoms. The average molecular weight is 302 g/mol. The number of carbonyl (C=O) groups is 1. The summed E-state index contributed by atoms with van der Waals surface area (Å²) < 4.78 is 0. The van der Waals surface area contributed by atoms with E-state index >= 15 is 0 Å². The van der Waals surface area contributed by atoms with Gasteiger partial charge >= 0.3 is 5.97 Å². The number of anilines is 1. The smallest absolute Gasteiger partial charge is 0.337 e. The van der Waals surface area contributed by atoms with Crippen LogP contribution in [0.1, 0.15) is 36.2 Å². The second-order valence-corrected chi connectivity index (χ2v) is 5.53. The van der Waals surface area contributed by atoms with Crippen molar-refractivity contribution in [2.24, 2.45) is 0 Å². The van der Waals surface area contributed by atoms with Crippen LogP contribution in [-0.2, 0) is 0 Å². The number of carboxylic acid groups (broad SMARTS) is 1. The van der Waals surface area contributed by atoms with Crippen LogP contribution in [0.5, 0.6) is 0 Å². The highest BCUT2D eigenvalue weighted by Crippen LogP contribution is 2.28. The number of allylic oxidation sites excluding steroid dienone is 2. The quantitative estimate of drug-likeness (QED) is 0.657. The van der Waals surface area contributed by atoms with Crippen LogP contribution >= 0.6 is 0 Å². The molecule has 2 N–H and O–H groups in total. The van der Waals surface area contributed by atoms with Crippen LogP contribution in [0.2, 0.25) is 0 Å². The number of benzene rings is 1. The van der Waals surface area contributed by atoms with Crippen molar-refractivity contribution in [2.45, 2.75) is 33.2 Å². The molecule has 1 aliphatic rings. The van der Waals surface area contributed by atoms with Crippen LogP contribution in [0, 0.1) is 17.0 Å². The fourth-order valence-electron chi connectivity index (χ4n) is 2.57. The van der Waals surface area contributed by atoms with Crippen molar-refractivity contribution in [3.8, 4) is 0 Å². The lowest BCUT2D eigenvalue weighted by Crippen LogP contribution is -2.27. The molecule has 0 saturated carbocycles. The van der Waals surface area contributed by atoms with Gasteiger partial charge < -0.3 is 10.4 Å². The van der Waals surface area contributed by atoms with Gasteiger partial charge in [0.15, 0.2) is 0 Å². The van der Waals surface area contributed by atoms with Gasteiger partial charge in [0.25, 0.3) is 5.70 Å². The minimum Gasteiger partial charge on any atom is -0.478 e. The van der Waals surface area contributed by atoms with E-state index in [-0.39, 0.29) is 28.6 Å². The molecule has 1 aromatic carbocycles. The second kappa shape index (κ2) is 6.01. The second-order valence-electron chi connectivity index (χ2n) is 5.53. The molecule has 6 nitrogen and oxygen atoms in total. The van der Waals surface area contributed by atoms with Gasteiger partial charge in [0.1, 0.15) is 0 Å². The maximum atomic E-state index is 11.3. The lowest BCUT2D eigenvalue weighted by atomic mass is 9.93. The van der Waals surface area contributed by atoms with E-state index in [0.717, 1.165) is 11.1 Å². The molecule has 0 bridgehead atoms. The first-order chi connectivity index (χ1) is 10.3. The lowest BCUT2D eigenvalue weighted by molar-refractivity contribution is -0.429. The van der Waals surface area contributed by atoms with Crippen molar-refractivity contribution in [3.05, 3.63) is 62.4 Å². The fourth-order valence-corrected chi connectivity index (χ4v) is 2.57. The Morgan fingerprint density at radius 2 is 2.05 bits per heavy atom. The van der Waals surface area contributed by atoms with E-state index in [2.05, 4.69) is 5.32 Å². The molecule has 0 saturated heterocycles. The number of rotatable bonds is 4. The van der Waals surface area contributed by atoms with Crippen LogP contribution in [0.15, 0.2) is 41.1 Å². The van der Waals surface area contributed by atoms with Crippen LogP contribution in [-0.4, -0.2) is 22.0 Å². The van der Waals surface area contributed by atoms with Crippen molar-refractivity contribution in [3.63, 3.8) is 0 Å². The first-order valence-electron chi connectivity index (χ1n) is 6.92. The molecule has 0 aromatic heterocycles. The van der Waals surface area contributed by atoms with Gasteiger partial charge in [0.05, 0.1) is 22.9 Å². The first kappa shape index (κ1) is 15.8. The number of aryl methyl sites for hydroxylation is 1. The van der Waals surface area contributed by atoms with E-state index in [1.165, 1.54) is 0 Å². The molecule has 0 amide bonds. The third-order valence-electron chi connectivity index (χ3n) is 3.80. The molecule has 1 aliphatic carbocycles. The van der Waals surface area contributed by atoms with E-state index in [1.54, 1.807) is 25.1 Å². The summed E-state index contributed by atoms with van der Waals surface area (Å²) in [6, 6.07) is 4.81. The topological polar surface area (TPSA) is 92.5 Å². The lowest BCUT2D eigenvalue weighted by Gasteiger charge is -2.24. The molecule has 6 heteroatoms.